The van der Waals surface area contributed by atoms with E-state index in [0.29, 0.717) is 0 Å². The standard InChI is InChI=1S/C15H12Cl2F3NO/c1-9(11-4-2-3-5-12(11)16)14(22,15(18,19)20)10-6-7-21-13(17)8-10/h2-9,22H,1H3. The molecule has 7 heteroatoms. The molecule has 1 heterocycles. The Morgan fingerprint density at radius 3 is 2.32 bits per heavy atom. The number of nitrogens with zero attached hydrogens (tertiary/aromatic N) is 1. The Morgan fingerprint density at radius 1 is 1.14 bits per heavy atom. The Kier molecular flexibility index (Phi) is 4.70. The molecule has 118 valence electrons. The molecular weight excluding hydrogens is 338 g/mol. The SMILES string of the molecule is CC(c1ccccc1Cl)C(O)(c1ccnc(Cl)c1)C(F)(F)F. The number of hydrogen-bond donors (Lipinski definition) is 1. The van der Waals surface area contributed by atoms with Gasteiger partial charge in [0.05, 0.1) is 0 Å². The number of pyridine rings is 1. The van der Waals surface area contributed by atoms with Crippen molar-refractivity contribution in [2.24, 2.45) is 0 Å². The molecular formula is C15H12Cl2F3NO. The maximum Gasteiger partial charge on any atom is 0.422 e. The normalized spacial score (nSPS) is 16.1. The summed E-state index contributed by atoms with van der Waals surface area (Å²) in [4.78, 5) is 3.65. The second kappa shape index (κ2) is 6.07. The number of alkyl halides is 3. The fourth-order valence-electron chi connectivity index (χ4n) is 2.35. The summed E-state index contributed by atoms with van der Waals surface area (Å²) in [5.41, 5.74) is -3.32. The van der Waals surface area contributed by atoms with Gasteiger partial charge in [-0.25, -0.2) is 4.98 Å². The van der Waals surface area contributed by atoms with Gasteiger partial charge in [-0.3, -0.25) is 0 Å². The van der Waals surface area contributed by atoms with E-state index in [9.17, 15) is 18.3 Å². The lowest BCUT2D eigenvalue weighted by Crippen LogP contribution is -2.46. The predicted octanol–water partition coefficient (Wildman–Crippen LogP) is 4.94. The fraction of sp³-hybridized carbons (Fsp3) is 0.267. The van der Waals surface area contributed by atoms with Crippen LogP contribution in [0.15, 0.2) is 42.6 Å². The number of halogens is 5. The lowest BCUT2D eigenvalue weighted by Gasteiger charge is -2.36. The molecule has 1 aromatic carbocycles. The van der Waals surface area contributed by atoms with Gasteiger partial charge >= 0.3 is 6.18 Å². The second-order valence-corrected chi connectivity index (χ2v) is 5.67. The molecule has 0 aliphatic heterocycles. The van der Waals surface area contributed by atoms with Crippen molar-refractivity contribution in [2.75, 3.05) is 0 Å². The van der Waals surface area contributed by atoms with Gasteiger partial charge in [0.15, 0.2) is 5.60 Å². The average Bonchev–Trinajstić information content (AvgIpc) is 2.45. The molecule has 0 radical (unpaired) electrons. The molecule has 0 aliphatic rings. The summed E-state index contributed by atoms with van der Waals surface area (Å²) in [6.45, 7) is 1.27. The highest BCUT2D eigenvalue weighted by Gasteiger charge is 2.59. The smallest absolute Gasteiger partial charge is 0.376 e. The molecule has 2 nitrogen and oxygen atoms in total. The summed E-state index contributed by atoms with van der Waals surface area (Å²) in [7, 11) is 0. The number of hydrogen-bond acceptors (Lipinski definition) is 2. The van der Waals surface area contributed by atoms with Crippen molar-refractivity contribution in [3.05, 3.63) is 63.9 Å². The van der Waals surface area contributed by atoms with Crippen LogP contribution in [0.25, 0.3) is 0 Å². The zero-order valence-corrected chi connectivity index (χ0v) is 12.9. The van der Waals surface area contributed by atoms with Crippen LogP contribution in [0, 0.1) is 0 Å². The van der Waals surface area contributed by atoms with Crippen molar-refractivity contribution in [1.29, 1.82) is 0 Å². The second-order valence-electron chi connectivity index (χ2n) is 4.87. The molecule has 1 N–H and O–H groups in total. The van der Waals surface area contributed by atoms with Gasteiger partial charge in [-0.2, -0.15) is 13.2 Å². The molecule has 2 rings (SSSR count). The van der Waals surface area contributed by atoms with Crippen molar-refractivity contribution in [2.45, 2.75) is 24.6 Å². The third-order valence-electron chi connectivity index (χ3n) is 3.60. The minimum atomic E-state index is -4.92. The topological polar surface area (TPSA) is 33.1 Å². The van der Waals surface area contributed by atoms with E-state index in [2.05, 4.69) is 4.98 Å². The first-order valence-electron chi connectivity index (χ1n) is 6.33. The van der Waals surface area contributed by atoms with Crippen LogP contribution in [0.5, 0.6) is 0 Å². The van der Waals surface area contributed by atoms with Gasteiger partial charge in [-0.1, -0.05) is 48.3 Å². The average molecular weight is 350 g/mol. The Hall–Kier alpha value is -1.30. The van der Waals surface area contributed by atoms with E-state index in [1.807, 2.05) is 0 Å². The maximum atomic E-state index is 13.6. The number of benzene rings is 1. The molecule has 0 saturated heterocycles. The van der Waals surface area contributed by atoms with Gasteiger partial charge in [0.2, 0.25) is 0 Å². The largest absolute Gasteiger partial charge is 0.422 e. The van der Waals surface area contributed by atoms with Crippen LogP contribution in [-0.4, -0.2) is 16.3 Å². The van der Waals surface area contributed by atoms with E-state index in [1.165, 1.54) is 19.1 Å². The Bertz CT molecular complexity index is 678. The Balaban J connectivity index is 2.63. The van der Waals surface area contributed by atoms with E-state index in [-0.39, 0.29) is 21.3 Å². The van der Waals surface area contributed by atoms with E-state index in [4.69, 9.17) is 23.2 Å². The lowest BCUT2D eigenvalue weighted by atomic mass is 9.78. The highest BCUT2D eigenvalue weighted by molar-refractivity contribution is 6.31. The molecule has 0 fully saturated rings. The number of aromatic nitrogens is 1. The fourth-order valence-corrected chi connectivity index (χ4v) is 2.82. The van der Waals surface area contributed by atoms with E-state index in [1.54, 1.807) is 12.1 Å². The first-order chi connectivity index (χ1) is 10.2. The number of aliphatic hydroxyl groups is 1. The van der Waals surface area contributed by atoms with Gasteiger partial charge < -0.3 is 5.11 Å². The number of rotatable bonds is 3. The molecule has 2 unspecified atom stereocenters. The highest BCUT2D eigenvalue weighted by Crippen LogP contribution is 2.49. The van der Waals surface area contributed by atoms with E-state index >= 15 is 0 Å². The molecule has 0 amide bonds. The highest BCUT2D eigenvalue weighted by atomic mass is 35.5. The molecule has 0 aliphatic carbocycles. The Labute approximate surface area is 135 Å². The van der Waals surface area contributed by atoms with Crippen molar-refractivity contribution in [3.8, 4) is 0 Å². The van der Waals surface area contributed by atoms with Crippen LogP contribution < -0.4 is 0 Å². The Morgan fingerprint density at radius 2 is 1.77 bits per heavy atom. The monoisotopic (exact) mass is 349 g/mol. The zero-order chi connectivity index (χ0) is 16.5. The molecule has 1 aromatic heterocycles. The molecule has 22 heavy (non-hydrogen) atoms. The van der Waals surface area contributed by atoms with Crippen LogP contribution >= 0.6 is 23.2 Å². The van der Waals surface area contributed by atoms with Crippen molar-refractivity contribution < 1.29 is 18.3 Å². The molecule has 0 saturated carbocycles. The molecule has 0 bridgehead atoms. The zero-order valence-electron chi connectivity index (χ0n) is 11.4. The van der Waals surface area contributed by atoms with Crippen LogP contribution in [0.1, 0.15) is 24.0 Å². The third-order valence-corrected chi connectivity index (χ3v) is 4.15. The minimum Gasteiger partial charge on any atom is -0.376 e. The summed E-state index contributed by atoms with van der Waals surface area (Å²) < 4.78 is 40.9. The molecule has 2 atom stereocenters. The van der Waals surface area contributed by atoms with Gasteiger partial charge in [0, 0.05) is 17.1 Å². The van der Waals surface area contributed by atoms with Gasteiger partial charge in [0.1, 0.15) is 5.15 Å². The first kappa shape index (κ1) is 17.1. The predicted molar refractivity (Wildman–Crippen MR) is 79.1 cm³/mol. The summed E-state index contributed by atoms with van der Waals surface area (Å²) in [5, 5.41) is 10.5. The first-order valence-corrected chi connectivity index (χ1v) is 7.09. The van der Waals surface area contributed by atoms with Gasteiger partial charge in [-0.05, 0) is 29.3 Å². The summed E-state index contributed by atoms with van der Waals surface area (Å²) in [5.74, 6) is -1.33. The van der Waals surface area contributed by atoms with Crippen molar-refractivity contribution in [1.82, 2.24) is 4.98 Å². The third kappa shape index (κ3) is 2.93. The van der Waals surface area contributed by atoms with E-state index in [0.717, 1.165) is 18.3 Å². The summed E-state index contributed by atoms with van der Waals surface area (Å²) in [6, 6.07) is 8.19. The summed E-state index contributed by atoms with van der Waals surface area (Å²) >= 11 is 11.6. The quantitative estimate of drug-likeness (QED) is 0.796. The minimum absolute atomic E-state index is 0.133. The van der Waals surface area contributed by atoms with Crippen LogP contribution in [0.4, 0.5) is 13.2 Å². The van der Waals surface area contributed by atoms with Crippen LogP contribution in [-0.2, 0) is 5.60 Å². The van der Waals surface area contributed by atoms with Crippen molar-refractivity contribution >= 4 is 23.2 Å². The summed E-state index contributed by atoms with van der Waals surface area (Å²) in [6.07, 6.45) is -3.80. The van der Waals surface area contributed by atoms with Gasteiger partial charge in [-0.15, -0.1) is 0 Å². The van der Waals surface area contributed by atoms with Crippen molar-refractivity contribution in [3.63, 3.8) is 0 Å². The van der Waals surface area contributed by atoms with Crippen LogP contribution in [0.3, 0.4) is 0 Å². The maximum absolute atomic E-state index is 13.6. The van der Waals surface area contributed by atoms with Crippen LogP contribution in [0.2, 0.25) is 10.2 Å². The molecule has 0 spiro atoms. The molecule has 2 aromatic rings. The lowest BCUT2D eigenvalue weighted by molar-refractivity contribution is -0.274. The van der Waals surface area contributed by atoms with Gasteiger partial charge in [0.25, 0.3) is 0 Å². The van der Waals surface area contributed by atoms with E-state index < -0.39 is 17.7 Å².